The van der Waals surface area contributed by atoms with E-state index < -0.39 is 10.0 Å². The zero-order valence-corrected chi connectivity index (χ0v) is 15.9. The van der Waals surface area contributed by atoms with Crippen molar-refractivity contribution in [2.24, 2.45) is 0 Å². The van der Waals surface area contributed by atoms with Gasteiger partial charge in [0.25, 0.3) is 0 Å². The summed E-state index contributed by atoms with van der Waals surface area (Å²) < 4.78 is 40.4. The minimum atomic E-state index is -3.56. The molecule has 1 heterocycles. The number of hydrogen-bond acceptors (Lipinski definition) is 3. The molecule has 0 spiro atoms. The first kappa shape index (κ1) is 19.3. The van der Waals surface area contributed by atoms with Crippen LogP contribution in [0.2, 0.25) is 0 Å². The van der Waals surface area contributed by atoms with Gasteiger partial charge >= 0.3 is 6.03 Å². The number of amides is 2. The van der Waals surface area contributed by atoms with Gasteiger partial charge < -0.3 is 10.2 Å². The zero-order valence-electron chi connectivity index (χ0n) is 15.1. The highest BCUT2D eigenvalue weighted by Gasteiger charge is 2.30. The Labute approximate surface area is 158 Å². The second-order valence-corrected chi connectivity index (χ2v) is 8.39. The first-order chi connectivity index (χ1) is 12.9. The topological polar surface area (TPSA) is 69.7 Å². The molecule has 6 nitrogen and oxygen atoms in total. The van der Waals surface area contributed by atoms with Gasteiger partial charge in [0, 0.05) is 38.3 Å². The number of carbonyl (C=O) groups is 1. The minimum absolute atomic E-state index is 0.0907. The molecule has 1 fully saturated rings. The van der Waals surface area contributed by atoms with Crippen LogP contribution in [0.5, 0.6) is 0 Å². The number of halogens is 1. The maximum atomic E-state index is 13.6. The normalized spacial score (nSPS) is 15.6. The van der Waals surface area contributed by atoms with Crippen molar-refractivity contribution in [2.75, 3.05) is 26.2 Å². The van der Waals surface area contributed by atoms with Gasteiger partial charge in [-0.1, -0.05) is 35.9 Å². The Bertz CT molecular complexity index is 908. The number of sulfonamides is 1. The van der Waals surface area contributed by atoms with E-state index in [1.807, 2.05) is 6.92 Å². The summed E-state index contributed by atoms with van der Waals surface area (Å²) in [4.78, 5) is 14.1. The predicted molar refractivity (Wildman–Crippen MR) is 100 cm³/mol. The fraction of sp³-hybridized carbons (Fsp3) is 0.316. The van der Waals surface area contributed by atoms with Crippen LogP contribution in [-0.4, -0.2) is 49.8 Å². The second-order valence-electron chi connectivity index (χ2n) is 6.45. The number of urea groups is 1. The summed E-state index contributed by atoms with van der Waals surface area (Å²) in [5.41, 5.74) is 1.40. The SMILES string of the molecule is Cc1ccc(S(=O)(=O)N2CCN(C(=O)NCc3ccccc3F)CC2)cc1. The van der Waals surface area contributed by atoms with Crippen molar-refractivity contribution < 1.29 is 17.6 Å². The molecule has 3 rings (SSSR count). The van der Waals surface area contributed by atoms with Crippen molar-refractivity contribution in [1.82, 2.24) is 14.5 Å². The zero-order chi connectivity index (χ0) is 19.4. The molecule has 1 N–H and O–H groups in total. The number of benzene rings is 2. The van der Waals surface area contributed by atoms with Crippen LogP contribution in [0.3, 0.4) is 0 Å². The first-order valence-corrected chi connectivity index (χ1v) is 10.1. The molecule has 0 aromatic heterocycles. The van der Waals surface area contributed by atoms with Crippen molar-refractivity contribution in [2.45, 2.75) is 18.4 Å². The number of carbonyl (C=O) groups excluding carboxylic acids is 1. The summed E-state index contributed by atoms with van der Waals surface area (Å²) in [5, 5.41) is 2.68. The van der Waals surface area contributed by atoms with Crippen LogP contribution in [0.15, 0.2) is 53.4 Å². The summed E-state index contributed by atoms with van der Waals surface area (Å²) in [5.74, 6) is -0.369. The van der Waals surface area contributed by atoms with Crippen molar-refractivity contribution in [3.63, 3.8) is 0 Å². The smallest absolute Gasteiger partial charge is 0.317 e. The van der Waals surface area contributed by atoms with Crippen LogP contribution < -0.4 is 5.32 Å². The van der Waals surface area contributed by atoms with E-state index in [-0.39, 0.29) is 49.5 Å². The van der Waals surface area contributed by atoms with E-state index in [0.29, 0.717) is 5.56 Å². The molecule has 8 heteroatoms. The second kappa shape index (κ2) is 8.06. The summed E-state index contributed by atoms with van der Waals surface area (Å²) >= 11 is 0. The molecule has 0 radical (unpaired) electrons. The molecular formula is C19H22FN3O3S. The Morgan fingerprint density at radius 3 is 2.30 bits per heavy atom. The van der Waals surface area contributed by atoms with Gasteiger partial charge in [0.2, 0.25) is 10.0 Å². The van der Waals surface area contributed by atoms with E-state index >= 15 is 0 Å². The molecule has 2 aromatic carbocycles. The molecule has 2 amide bonds. The van der Waals surface area contributed by atoms with E-state index in [1.165, 1.54) is 10.4 Å². The van der Waals surface area contributed by atoms with Crippen molar-refractivity contribution in [1.29, 1.82) is 0 Å². The molecule has 2 aromatic rings. The number of hydrogen-bond donors (Lipinski definition) is 1. The van der Waals surface area contributed by atoms with E-state index in [4.69, 9.17) is 0 Å². The van der Waals surface area contributed by atoms with E-state index in [2.05, 4.69) is 5.32 Å². The summed E-state index contributed by atoms with van der Waals surface area (Å²) in [6.07, 6.45) is 0. The molecule has 0 unspecified atom stereocenters. The third kappa shape index (κ3) is 4.45. The minimum Gasteiger partial charge on any atom is -0.334 e. The quantitative estimate of drug-likeness (QED) is 0.870. The third-order valence-corrected chi connectivity index (χ3v) is 6.49. The van der Waals surface area contributed by atoms with Crippen molar-refractivity contribution in [3.05, 3.63) is 65.5 Å². The highest BCUT2D eigenvalue weighted by atomic mass is 32.2. The van der Waals surface area contributed by atoms with Gasteiger partial charge in [0.05, 0.1) is 4.90 Å². The number of nitrogens with one attached hydrogen (secondary N) is 1. The Morgan fingerprint density at radius 2 is 1.67 bits per heavy atom. The Hall–Kier alpha value is -2.45. The highest BCUT2D eigenvalue weighted by Crippen LogP contribution is 2.18. The molecule has 1 aliphatic rings. The Kier molecular flexibility index (Phi) is 5.76. The fourth-order valence-electron chi connectivity index (χ4n) is 2.92. The summed E-state index contributed by atoms with van der Waals surface area (Å²) in [6.45, 7) is 3.01. The van der Waals surface area contributed by atoms with Crippen LogP contribution in [0.1, 0.15) is 11.1 Å². The number of nitrogens with zero attached hydrogens (tertiary/aromatic N) is 2. The fourth-order valence-corrected chi connectivity index (χ4v) is 4.34. The largest absolute Gasteiger partial charge is 0.334 e. The van der Waals surface area contributed by atoms with Crippen LogP contribution in [0.4, 0.5) is 9.18 Å². The van der Waals surface area contributed by atoms with Crippen LogP contribution in [0.25, 0.3) is 0 Å². The van der Waals surface area contributed by atoms with Crippen molar-refractivity contribution in [3.8, 4) is 0 Å². The molecule has 0 aliphatic carbocycles. The first-order valence-electron chi connectivity index (χ1n) is 8.71. The molecule has 27 heavy (non-hydrogen) atoms. The molecule has 1 saturated heterocycles. The number of rotatable bonds is 4. The number of piperazine rings is 1. The average molecular weight is 391 g/mol. The lowest BCUT2D eigenvalue weighted by Gasteiger charge is -2.34. The van der Waals surface area contributed by atoms with Gasteiger partial charge in [-0.2, -0.15) is 4.31 Å². The monoisotopic (exact) mass is 391 g/mol. The summed E-state index contributed by atoms with van der Waals surface area (Å²) in [7, 11) is -3.56. The maximum Gasteiger partial charge on any atom is 0.317 e. The van der Waals surface area contributed by atoms with Gasteiger partial charge in [0.1, 0.15) is 5.82 Å². The molecule has 144 valence electrons. The average Bonchev–Trinajstić information content (AvgIpc) is 2.67. The van der Waals surface area contributed by atoms with Gasteiger partial charge in [-0.15, -0.1) is 0 Å². The molecule has 1 aliphatic heterocycles. The highest BCUT2D eigenvalue weighted by molar-refractivity contribution is 7.89. The van der Waals surface area contributed by atoms with E-state index in [0.717, 1.165) is 5.56 Å². The standard InChI is InChI=1S/C19H22FN3O3S/c1-15-6-8-17(9-7-15)27(25,26)23-12-10-22(11-13-23)19(24)21-14-16-4-2-3-5-18(16)20/h2-9H,10-14H2,1H3,(H,21,24). The molecular weight excluding hydrogens is 369 g/mol. The lowest BCUT2D eigenvalue weighted by molar-refractivity contribution is 0.172. The molecule has 0 bridgehead atoms. The molecule has 0 saturated carbocycles. The van der Waals surface area contributed by atoms with Crippen LogP contribution in [-0.2, 0) is 16.6 Å². The van der Waals surface area contributed by atoms with Gasteiger partial charge in [-0.05, 0) is 25.1 Å². The van der Waals surface area contributed by atoms with Crippen LogP contribution >= 0.6 is 0 Å². The lowest BCUT2D eigenvalue weighted by Crippen LogP contribution is -2.52. The van der Waals surface area contributed by atoms with E-state index in [1.54, 1.807) is 47.4 Å². The number of aryl methyl sites for hydroxylation is 1. The van der Waals surface area contributed by atoms with Gasteiger partial charge in [-0.25, -0.2) is 17.6 Å². The van der Waals surface area contributed by atoms with Crippen molar-refractivity contribution >= 4 is 16.1 Å². The molecule has 0 atom stereocenters. The van der Waals surface area contributed by atoms with Gasteiger partial charge in [-0.3, -0.25) is 0 Å². The third-order valence-electron chi connectivity index (χ3n) is 4.57. The van der Waals surface area contributed by atoms with E-state index in [9.17, 15) is 17.6 Å². The predicted octanol–water partition coefficient (Wildman–Crippen LogP) is 2.35. The van der Waals surface area contributed by atoms with Gasteiger partial charge in [0.15, 0.2) is 0 Å². The Balaban J connectivity index is 1.56. The van der Waals surface area contributed by atoms with Crippen LogP contribution in [0, 0.1) is 12.7 Å². The Morgan fingerprint density at radius 1 is 1.04 bits per heavy atom. The maximum absolute atomic E-state index is 13.6. The lowest BCUT2D eigenvalue weighted by atomic mass is 10.2. The summed E-state index contributed by atoms with van der Waals surface area (Å²) in [6, 6.07) is 12.6.